The minimum Gasteiger partial charge on any atom is -0.336 e. The van der Waals surface area contributed by atoms with Crippen molar-refractivity contribution in [1.29, 1.82) is 0 Å². The Morgan fingerprint density at radius 3 is 2.48 bits per heavy atom. The van der Waals surface area contributed by atoms with E-state index in [1.54, 1.807) is 24.4 Å². The van der Waals surface area contributed by atoms with Crippen LogP contribution in [-0.4, -0.2) is 62.3 Å². The third-order valence-corrected chi connectivity index (χ3v) is 5.18. The Balaban J connectivity index is 1.88. The summed E-state index contributed by atoms with van der Waals surface area (Å²) in [6, 6.07) is 8.03. The fourth-order valence-corrected chi connectivity index (χ4v) is 3.32. The van der Waals surface area contributed by atoms with Crippen LogP contribution < -0.4 is 5.14 Å². The molecule has 0 saturated carbocycles. The molecule has 1 saturated heterocycles. The van der Waals surface area contributed by atoms with Crippen molar-refractivity contribution < 1.29 is 13.2 Å². The molecule has 0 radical (unpaired) electrons. The number of nitrogens with zero attached hydrogens (tertiary/aromatic N) is 3. The van der Waals surface area contributed by atoms with Crippen molar-refractivity contribution in [3.63, 3.8) is 0 Å². The first-order valence-corrected chi connectivity index (χ1v) is 9.45. The maximum Gasteiger partial charge on any atom is 0.255 e. The second-order valence-corrected chi connectivity index (χ2v) is 7.69. The third-order valence-electron chi connectivity index (χ3n) is 4.27. The molecular formula is C17H20N4O3S. The average Bonchev–Trinajstić information content (AvgIpc) is 2.61. The second kappa shape index (κ2) is 6.91. The number of hydrogen-bond donors (Lipinski definition) is 1. The number of carbonyl (C=O) groups excluding carboxylic acids is 1. The number of pyridine rings is 1. The zero-order valence-corrected chi connectivity index (χ0v) is 14.7. The molecule has 1 aromatic carbocycles. The largest absolute Gasteiger partial charge is 0.336 e. The number of carbonyl (C=O) groups is 1. The zero-order chi connectivity index (χ0) is 18.0. The smallest absolute Gasteiger partial charge is 0.255 e. The maximum atomic E-state index is 12.7. The molecule has 1 aromatic heterocycles. The van der Waals surface area contributed by atoms with Gasteiger partial charge in [-0.05, 0) is 30.8 Å². The van der Waals surface area contributed by atoms with E-state index in [0.717, 1.165) is 13.1 Å². The van der Waals surface area contributed by atoms with Crippen molar-refractivity contribution in [1.82, 2.24) is 14.8 Å². The minimum atomic E-state index is -3.78. The van der Waals surface area contributed by atoms with Gasteiger partial charge in [0.2, 0.25) is 10.0 Å². The van der Waals surface area contributed by atoms with Crippen LogP contribution in [0.15, 0.2) is 47.6 Å². The molecule has 1 aliphatic rings. The summed E-state index contributed by atoms with van der Waals surface area (Å²) < 4.78 is 23.0. The Morgan fingerprint density at radius 2 is 1.80 bits per heavy atom. The van der Waals surface area contributed by atoms with Gasteiger partial charge in [0.05, 0.1) is 10.5 Å². The van der Waals surface area contributed by atoms with E-state index in [1.165, 1.54) is 18.3 Å². The highest BCUT2D eigenvalue weighted by molar-refractivity contribution is 7.89. The van der Waals surface area contributed by atoms with Crippen molar-refractivity contribution in [3.8, 4) is 11.1 Å². The Bertz CT molecular complexity index is 890. The summed E-state index contributed by atoms with van der Waals surface area (Å²) >= 11 is 0. The van der Waals surface area contributed by atoms with Crippen molar-refractivity contribution >= 4 is 15.9 Å². The zero-order valence-electron chi connectivity index (χ0n) is 13.9. The second-order valence-electron chi connectivity index (χ2n) is 6.13. The molecule has 1 aliphatic heterocycles. The molecule has 25 heavy (non-hydrogen) atoms. The number of amides is 1. The van der Waals surface area contributed by atoms with E-state index in [2.05, 4.69) is 9.88 Å². The normalized spacial score (nSPS) is 16.0. The van der Waals surface area contributed by atoms with Gasteiger partial charge in [0.15, 0.2) is 0 Å². The topological polar surface area (TPSA) is 96.6 Å². The van der Waals surface area contributed by atoms with Gasteiger partial charge in [-0.3, -0.25) is 9.78 Å². The molecule has 2 N–H and O–H groups in total. The van der Waals surface area contributed by atoms with Crippen molar-refractivity contribution in [3.05, 3.63) is 48.3 Å². The first kappa shape index (κ1) is 17.5. The van der Waals surface area contributed by atoms with Gasteiger partial charge in [-0.2, -0.15) is 0 Å². The molecular weight excluding hydrogens is 340 g/mol. The van der Waals surface area contributed by atoms with E-state index in [9.17, 15) is 13.2 Å². The van der Waals surface area contributed by atoms with Gasteiger partial charge in [-0.25, -0.2) is 13.6 Å². The Hall–Kier alpha value is -2.29. The predicted octanol–water partition coefficient (Wildman–Crippen LogP) is 0.784. The highest BCUT2D eigenvalue weighted by Gasteiger charge is 2.21. The van der Waals surface area contributed by atoms with E-state index in [0.29, 0.717) is 29.8 Å². The maximum absolute atomic E-state index is 12.7. The van der Waals surface area contributed by atoms with Crippen LogP contribution in [0.5, 0.6) is 0 Å². The van der Waals surface area contributed by atoms with Gasteiger partial charge in [-0.1, -0.05) is 12.1 Å². The summed E-state index contributed by atoms with van der Waals surface area (Å²) in [7, 11) is -1.75. The lowest BCUT2D eigenvalue weighted by Crippen LogP contribution is -2.47. The highest BCUT2D eigenvalue weighted by atomic mass is 32.2. The number of benzene rings is 1. The van der Waals surface area contributed by atoms with Gasteiger partial charge in [0.1, 0.15) is 0 Å². The van der Waals surface area contributed by atoms with Crippen molar-refractivity contribution in [2.75, 3.05) is 33.2 Å². The molecule has 2 aromatic rings. The number of aromatic nitrogens is 1. The third kappa shape index (κ3) is 4.04. The number of piperazine rings is 1. The monoisotopic (exact) mass is 360 g/mol. The minimum absolute atomic E-state index is 0.0285. The number of likely N-dealkylation sites (N-methyl/N-ethyl adjacent to an activating group) is 1. The molecule has 0 aliphatic carbocycles. The number of sulfonamides is 1. The van der Waals surface area contributed by atoms with Crippen LogP contribution in [-0.2, 0) is 10.0 Å². The predicted molar refractivity (Wildman–Crippen MR) is 94.4 cm³/mol. The molecule has 8 heteroatoms. The molecule has 0 unspecified atom stereocenters. The Morgan fingerprint density at radius 1 is 1.08 bits per heavy atom. The highest BCUT2D eigenvalue weighted by Crippen LogP contribution is 2.23. The number of nitrogens with two attached hydrogens (primary N) is 1. The van der Waals surface area contributed by atoms with Gasteiger partial charge < -0.3 is 9.80 Å². The molecule has 0 bridgehead atoms. The molecule has 7 nitrogen and oxygen atoms in total. The van der Waals surface area contributed by atoms with Crippen LogP contribution in [0.4, 0.5) is 0 Å². The summed E-state index contributed by atoms with van der Waals surface area (Å²) in [6.45, 7) is 3.05. The summed E-state index contributed by atoms with van der Waals surface area (Å²) in [5.41, 5.74) is 1.81. The van der Waals surface area contributed by atoms with Crippen LogP contribution in [0.3, 0.4) is 0 Å². The van der Waals surface area contributed by atoms with Crippen molar-refractivity contribution in [2.24, 2.45) is 5.14 Å². The van der Waals surface area contributed by atoms with Gasteiger partial charge >= 0.3 is 0 Å². The fraction of sp³-hybridized carbons (Fsp3) is 0.294. The molecule has 1 amide bonds. The SMILES string of the molecule is CN1CCN(C(=O)c2cncc(-c3cccc(S(N)(=O)=O)c3)c2)CC1. The lowest BCUT2D eigenvalue weighted by molar-refractivity contribution is 0.0663. The summed E-state index contributed by atoms with van der Waals surface area (Å²) in [4.78, 5) is 20.8. The molecule has 0 spiro atoms. The lowest BCUT2D eigenvalue weighted by atomic mass is 10.1. The van der Waals surface area contributed by atoms with Crippen LogP contribution in [0.2, 0.25) is 0 Å². The standard InChI is InChI=1S/C17H20N4O3S/c1-20-5-7-21(8-6-20)17(22)15-9-14(11-19-12-15)13-3-2-4-16(10-13)25(18,23)24/h2-4,9-12H,5-8H2,1H3,(H2,18,23,24). The molecule has 132 valence electrons. The van der Waals surface area contributed by atoms with Gasteiger partial charge in [0, 0.05) is 44.1 Å². The number of rotatable bonds is 3. The average molecular weight is 360 g/mol. The molecule has 2 heterocycles. The van der Waals surface area contributed by atoms with Crippen LogP contribution in [0, 0.1) is 0 Å². The van der Waals surface area contributed by atoms with E-state index in [-0.39, 0.29) is 10.8 Å². The van der Waals surface area contributed by atoms with E-state index in [4.69, 9.17) is 5.14 Å². The molecule has 1 fully saturated rings. The number of primary sulfonamides is 1. The summed E-state index contributed by atoms with van der Waals surface area (Å²) in [5.74, 6) is -0.0648. The lowest BCUT2D eigenvalue weighted by Gasteiger charge is -2.32. The first-order chi connectivity index (χ1) is 11.8. The Labute approximate surface area is 147 Å². The first-order valence-electron chi connectivity index (χ1n) is 7.91. The fourth-order valence-electron chi connectivity index (χ4n) is 2.76. The van der Waals surface area contributed by atoms with E-state index in [1.807, 2.05) is 11.9 Å². The quantitative estimate of drug-likeness (QED) is 0.873. The molecule has 3 rings (SSSR count). The van der Waals surface area contributed by atoms with E-state index < -0.39 is 10.0 Å². The van der Waals surface area contributed by atoms with Crippen LogP contribution in [0.1, 0.15) is 10.4 Å². The van der Waals surface area contributed by atoms with Crippen molar-refractivity contribution in [2.45, 2.75) is 4.90 Å². The number of hydrogen-bond acceptors (Lipinski definition) is 5. The van der Waals surface area contributed by atoms with E-state index >= 15 is 0 Å². The molecule has 0 atom stereocenters. The van der Waals surface area contributed by atoms with Gasteiger partial charge in [-0.15, -0.1) is 0 Å². The Kier molecular flexibility index (Phi) is 4.85. The van der Waals surface area contributed by atoms with Crippen LogP contribution in [0.25, 0.3) is 11.1 Å². The van der Waals surface area contributed by atoms with Crippen LogP contribution >= 0.6 is 0 Å². The summed E-state index contributed by atoms with van der Waals surface area (Å²) in [5, 5.41) is 5.18. The van der Waals surface area contributed by atoms with Gasteiger partial charge in [0.25, 0.3) is 5.91 Å². The summed E-state index contributed by atoms with van der Waals surface area (Å²) in [6.07, 6.45) is 3.14.